The molecule has 1 N–H and O–H groups in total. The van der Waals surface area contributed by atoms with Crippen molar-refractivity contribution < 1.29 is 14.5 Å². The van der Waals surface area contributed by atoms with Gasteiger partial charge in [-0.05, 0) is 64.5 Å². The van der Waals surface area contributed by atoms with Crippen molar-refractivity contribution in [3.05, 3.63) is 62.1 Å². The lowest BCUT2D eigenvalue weighted by Crippen LogP contribution is -2.21. The first-order valence-corrected chi connectivity index (χ1v) is 9.08. The molecule has 0 aliphatic carbocycles. The number of nitro groups is 1. The maximum Gasteiger partial charge on any atom is 0.293 e. The third-order valence-electron chi connectivity index (χ3n) is 4.12. The molecule has 2 rings (SSSR count). The van der Waals surface area contributed by atoms with Gasteiger partial charge < -0.3 is 10.1 Å². The summed E-state index contributed by atoms with van der Waals surface area (Å²) in [7, 11) is 0. The average Bonchev–Trinajstić information content (AvgIpc) is 2.61. The highest BCUT2D eigenvalue weighted by Gasteiger charge is 2.16. The first-order chi connectivity index (χ1) is 12.3. The topological polar surface area (TPSA) is 81.5 Å². The van der Waals surface area contributed by atoms with Crippen molar-refractivity contribution in [3.63, 3.8) is 0 Å². The van der Waals surface area contributed by atoms with Gasteiger partial charge in [0.05, 0.1) is 9.40 Å². The number of ether oxygens (including phenoxy) is 1. The second-order valence-corrected chi connectivity index (χ2v) is 6.97. The summed E-state index contributed by atoms with van der Waals surface area (Å²) in [5.41, 5.74) is 1.94. The smallest absolute Gasteiger partial charge is 0.293 e. The Balaban J connectivity index is 2.03. The molecule has 0 saturated carbocycles. The van der Waals surface area contributed by atoms with E-state index in [1.54, 1.807) is 13.0 Å². The quantitative estimate of drug-likeness (QED) is 0.492. The normalized spacial score (nSPS) is 11.7. The van der Waals surface area contributed by atoms with Gasteiger partial charge in [-0.1, -0.05) is 26.0 Å². The lowest BCUT2D eigenvalue weighted by Gasteiger charge is -2.13. The molecular formula is C19H21BrN2O4. The van der Waals surface area contributed by atoms with Crippen LogP contribution >= 0.6 is 15.9 Å². The Hall–Kier alpha value is -2.41. The SMILES string of the molecule is CCC(C)c1ccc(OCC(=O)Nc2ccc(C)cc2[N+](=O)[O-])c(Br)c1. The fourth-order valence-electron chi connectivity index (χ4n) is 2.40. The summed E-state index contributed by atoms with van der Waals surface area (Å²) in [4.78, 5) is 22.7. The Kier molecular flexibility index (Phi) is 6.74. The van der Waals surface area contributed by atoms with E-state index < -0.39 is 10.8 Å². The lowest BCUT2D eigenvalue weighted by atomic mass is 9.99. The van der Waals surface area contributed by atoms with E-state index in [-0.39, 0.29) is 18.0 Å². The average molecular weight is 421 g/mol. The molecule has 0 aliphatic heterocycles. The van der Waals surface area contributed by atoms with E-state index in [9.17, 15) is 14.9 Å². The second-order valence-electron chi connectivity index (χ2n) is 6.11. The summed E-state index contributed by atoms with van der Waals surface area (Å²) in [6.45, 7) is 5.77. The molecule has 1 unspecified atom stereocenters. The maximum absolute atomic E-state index is 12.1. The van der Waals surface area contributed by atoms with Gasteiger partial charge in [-0.3, -0.25) is 14.9 Å². The molecule has 0 bridgehead atoms. The molecule has 2 aromatic carbocycles. The van der Waals surface area contributed by atoms with Gasteiger partial charge in [-0.15, -0.1) is 0 Å². The van der Waals surface area contributed by atoms with Crippen LogP contribution in [0.5, 0.6) is 5.75 Å². The molecular weight excluding hydrogens is 400 g/mol. The van der Waals surface area contributed by atoms with E-state index in [1.807, 2.05) is 18.2 Å². The van der Waals surface area contributed by atoms with Crippen molar-refractivity contribution in [1.29, 1.82) is 0 Å². The number of nitrogens with one attached hydrogen (secondary N) is 1. The Labute approximate surface area is 160 Å². The minimum Gasteiger partial charge on any atom is -0.483 e. The number of hydrogen-bond donors (Lipinski definition) is 1. The highest BCUT2D eigenvalue weighted by Crippen LogP contribution is 2.30. The number of benzene rings is 2. The van der Waals surface area contributed by atoms with Crippen molar-refractivity contribution in [2.24, 2.45) is 0 Å². The van der Waals surface area contributed by atoms with E-state index in [0.717, 1.165) is 16.5 Å². The number of amides is 1. The van der Waals surface area contributed by atoms with Gasteiger partial charge in [0.2, 0.25) is 0 Å². The van der Waals surface area contributed by atoms with Crippen molar-refractivity contribution in [3.8, 4) is 5.75 Å². The number of aryl methyl sites for hydroxylation is 1. The minimum atomic E-state index is -0.520. The van der Waals surface area contributed by atoms with Gasteiger partial charge in [0.1, 0.15) is 11.4 Å². The van der Waals surface area contributed by atoms with Crippen LogP contribution in [-0.4, -0.2) is 17.4 Å². The Morgan fingerprint density at radius 3 is 2.65 bits per heavy atom. The summed E-state index contributed by atoms with van der Waals surface area (Å²) in [6.07, 6.45) is 1.03. The van der Waals surface area contributed by atoms with Crippen LogP contribution < -0.4 is 10.1 Å². The number of nitrogens with zero attached hydrogens (tertiary/aromatic N) is 1. The van der Waals surface area contributed by atoms with Crippen LogP contribution in [0, 0.1) is 17.0 Å². The van der Waals surface area contributed by atoms with Crippen LogP contribution in [0.3, 0.4) is 0 Å². The molecule has 6 nitrogen and oxygen atoms in total. The molecule has 0 heterocycles. The molecule has 138 valence electrons. The van der Waals surface area contributed by atoms with Crippen molar-refractivity contribution in [2.45, 2.75) is 33.1 Å². The lowest BCUT2D eigenvalue weighted by molar-refractivity contribution is -0.384. The Bertz CT molecular complexity index is 823. The zero-order valence-corrected chi connectivity index (χ0v) is 16.5. The van der Waals surface area contributed by atoms with Crippen LogP contribution in [0.25, 0.3) is 0 Å². The minimum absolute atomic E-state index is 0.141. The molecule has 0 radical (unpaired) electrons. The van der Waals surface area contributed by atoms with Gasteiger partial charge in [-0.25, -0.2) is 0 Å². The summed E-state index contributed by atoms with van der Waals surface area (Å²) in [5.74, 6) is 0.520. The maximum atomic E-state index is 12.1. The number of anilines is 1. The zero-order valence-electron chi connectivity index (χ0n) is 14.9. The zero-order chi connectivity index (χ0) is 19.3. The molecule has 1 amide bonds. The van der Waals surface area contributed by atoms with Gasteiger partial charge in [0.25, 0.3) is 11.6 Å². The molecule has 0 aliphatic rings. The van der Waals surface area contributed by atoms with Crippen LogP contribution in [0.2, 0.25) is 0 Å². The fraction of sp³-hybridized carbons (Fsp3) is 0.316. The molecule has 2 aromatic rings. The van der Waals surface area contributed by atoms with E-state index in [0.29, 0.717) is 11.7 Å². The summed E-state index contributed by atoms with van der Waals surface area (Å²) in [6, 6.07) is 10.4. The third-order valence-corrected chi connectivity index (χ3v) is 4.74. The van der Waals surface area contributed by atoms with Crippen LogP contribution in [0.4, 0.5) is 11.4 Å². The van der Waals surface area contributed by atoms with Crippen LogP contribution in [0.1, 0.15) is 37.3 Å². The summed E-state index contributed by atoms with van der Waals surface area (Å²) >= 11 is 3.45. The van der Waals surface area contributed by atoms with Crippen molar-refractivity contribution in [2.75, 3.05) is 11.9 Å². The summed E-state index contributed by atoms with van der Waals surface area (Å²) < 4.78 is 6.30. The predicted octanol–water partition coefficient (Wildman–Crippen LogP) is 5.20. The summed E-state index contributed by atoms with van der Waals surface area (Å²) in [5, 5.41) is 13.6. The number of halogens is 1. The van der Waals surface area contributed by atoms with E-state index in [1.165, 1.54) is 17.7 Å². The molecule has 26 heavy (non-hydrogen) atoms. The molecule has 0 aromatic heterocycles. The molecule has 7 heteroatoms. The second kappa shape index (κ2) is 8.80. The predicted molar refractivity (Wildman–Crippen MR) is 105 cm³/mol. The van der Waals surface area contributed by atoms with E-state index in [2.05, 4.69) is 35.1 Å². The number of rotatable bonds is 7. The van der Waals surface area contributed by atoms with E-state index >= 15 is 0 Å². The number of nitro benzene ring substituents is 1. The van der Waals surface area contributed by atoms with Crippen LogP contribution in [0.15, 0.2) is 40.9 Å². The first-order valence-electron chi connectivity index (χ1n) is 8.29. The van der Waals surface area contributed by atoms with Crippen LogP contribution in [-0.2, 0) is 4.79 Å². The molecule has 0 spiro atoms. The molecule has 1 atom stereocenters. The highest BCUT2D eigenvalue weighted by molar-refractivity contribution is 9.10. The Morgan fingerprint density at radius 1 is 1.31 bits per heavy atom. The van der Waals surface area contributed by atoms with E-state index in [4.69, 9.17) is 4.74 Å². The molecule has 0 saturated heterocycles. The van der Waals surface area contributed by atoms with Gasteiger partial charge in [0, 0.05) is 6.07 Å². The largest absolute Gasteiger partial charge is 0.483 e. The highest BCUT2D eigenvalue weighted by atomic mass is 79.9. The first kappa shape index (κ1) is 19.9. The van der Waals surface area contributed by atoms with Gasteiger partial charge in [0.15, 0.2) is 6.61 Å². The number of carbonyl (C=O) groups excluding carboxylic acids is 1. The fourth-order valence-corrected chi connectivity index (χ4v) is 2.92. The van der Waals surface area contributed by atoms with Crippen molar-refractivity contribution >= 4 is 33.2 Å². The number of carbonyl (C=O) groups is 1. The Morgan fingerprint density at radius 2 is 2.04 bits per heavy atom. The standard InChI is InChI=1S/C19H21BrN2O4/c1-4-13(3)14-6-8-18(15(20)10-14)26-11-19(23)21-16-7-5-12(2)9-17(16)22(24)25/h5-10,13H,4,11H2,1-3H3,(H,21,23). The third kappa shape index (κ3) is 5.05. The molecule has 0 fully saturated rings. The van der Waals surface area contributed by atoms with Crippen molar-refractivity contribution in [1.82, 2.24) is 0 Å². The van der Waals surface area contributed by atoms with Gasteiger partial charge in [-0.2, -0.15) is 0 Å². The number of hydrogen-bond acceptors (Lipinski definition) is 4. The van der Waals surface area contributed by atoms with Gasteiger partial charge >= 0.3 is 0 Å². The monoisotopic (exact) mass is 420 g/mol.